The van der Waals surface area contributed by atoms with Gasteiger partial charge in [-0.1, -0.05) is 30.3 Å². The normalized spacial score (nSPS) is 16.7. The Balaban J connectivity index is 1.67. The molecule has 24 heavy (non-hydrogen) atoms. The largest absolute Gasteiger partial charge is 0.330 e. The predicted octanol–water partition coefficient (Wildman–Crippen LogP) is 3.95. The minimum Gasteiger partial charge on any atom is -0.330 e. The van der Waals surface area contributed by atoms with Gasteiger partial charge in [-0.05, 0) is 43.6 Å². The van der Waals surface area contributed by atoms with E-state index < -0.39 is 0 Å². The third-order valence-electron chi connectivity index (χ3n) is 4.69. The molecule has 3 aromatic rings. The van der Waals surface area contributed by atoms with Crippen molar-refractivity contribution >= 4 is 22.2 Å². The zero-order chi connectivity index (χ0) is 16.2. The number of nitrogens with zero attached hydrogens (tertiary/aromatic N) is 2. The average molecular weight is 336 g/mol. The maximum Gasteiger partial charge on any atom is 0.187 e. The molecule has 122 valence electrons. The predicted molar refractivity (Wildman–Crippen MR) is 99.0 cm³/mol. The molecule has 5 heteroatoms. The first-order valence-electron chi connectivity index (χ1n) is 8.26. The Labute approximate surface area is 146 Å². The maximum absolute atomic E-state index is 4.93. The number of hydrogen-bond acceptors (Lipinski definition) is 5. The van der Waals surface area contributed by atoms with Crippen LogP contribution >= 0.6 is 11.3 Å². The summed E-state index contributed by atoms with van der Waals surface area (Å²) in [7, 11) is 0. The zero-order valence-corrected chi connectivity index (χ0v) is 14.2. The smallest absolute Gasteiger partial charge is 0.187 e. The van der Waals surface area contributed by atoms with E-state index in [0.29, 0.717) is 0 Å². The molecule has 1 aromatic carbocycles. The lowest BCUT2D eigenvalue weighted by Gasteiger charge is -2.37. The SMILES string of the molecule is c1ccc(C2(c3csc(Nc4cccnc4)n3)CCNCC2)cc1. The second-order valence-electron chi connectivity index (χ2n) is 6.10. The Kier molecular flexibility index (Phi) is 4.28. The molecule has 3 heterocycles. The van der Waals surface area contributed by atoms with Crippen LogP contribution in [0.5, 0.6) is 0 Å². The number of rotatable bonds is 4. The van der Waals surface area contributed by atoms with Crippen LogP contribution in [0.15, 0.2) is 60.2 Å². The summed E-state index contributed by atoms with van der Waals surface area (Å²) >= 11 is 1.66. The highest BCUT2D eigenvalue weighted by molar-refractivity contribution is 7.13. The number of anilines is 2. The number of hydrogen-bond donors (Lipinski definition) is 2. The first-order chi connectivity index (χ1) is 11.9. The van der Waals surface area contributed by atoms with Crippen LogP contribution in [0.1, 0.15) is 24.1 Å². The highest BCUT2D eigenvalue weighted by atomic mass is 32.1. The molecule has 1 aliphatic rings. The fraction of sp³-hybridized carbons (Fsp3) is 0.263. The van der Waals surface area contributed by atoms with E-state index in [0.717, 1.165) is 36.8 Å². The van der Waals surface area contributed by atoms with Gasteiger partial charge in [-0.25, -0.2) is 4.98 Å². The maximum atomic E-state index is 4.93. The van der Waals surface area contributed by atoms with Crippen LogP contribution in [0, 0.1) is 0 Å². The van der Waals surface area contributed by atoms with Crippen LogP contribution in [-0.2, 0) is 5.41 Å². The minimum absolute atomic E-state index is 0.0118. The number of benzene rings is 1. The third kappa shape index (κ3) is 2.92. The van der Waals surface area contributed by atoms with Gasteiger partial charge in [0.1, 0.15) is 0 Å². The quantitative estimate of drug-likeness (QED) is 0.757. The standard InChI is InChI=1S/C19H20N4S/c1-2-5-15(6-3-1)19(8-11-20-12-9-19)17-14-24-18(23-17)22-16-7-4-10-21-13-16/h1-7,10,13-14,20H,8-9,11-12H2,(H,22,23). The van der Waals surface area contributed by atoms with Gasteiger partial charge in [0, 0.05) is 17.0 Å². The van der Waals surface area contributed by atoms with Crippen molar-refractivity contribution in [2.24, 2.45) is 0 Å². The van der Waals surface area contributed by atoms with Gasteiger partial charge < -0.3 is 10.6 Å². The van der Waals surface area contributed by atoms with Crippen molar-refractivity contribution < 1.29 is 0 Å². The van der Waals surface area contributed by atoms with Gasteiger partial charge in [-0.15, -0.1) is 11.3 Å². The Bertz CT molecular complexity index is 779. The molecule has 1 aliphatic heterocycles. The van der Waals surface area contributed by atoms with Gasteiger partial charge in [0.25, 0.3) is 0 Å². The summed E-state index contributed by atoms with van der Waals surface area (Å²) in [6.07, 6.45) is 5.75. The summed E-state index contributed by atoms with van der Waals surface area (Å²) in [5.41, 5.74) is 3.52. The van der Waals surface area contributed by atoms with Gasteiger partial charge >= 0.3 is 0 Å². The molecule has 0 atom stereocenters. The lowest BCUT2D eigenvalue weighted by atomic mass is 9.71. The van der Waals surface area contributed by atoms with E-state index in [-0.39, 0.29) is 5.41 Å². The molecule has 0 aliphatic carbocycles. The van der Waals surface area contributed by atoms with Gasteiger partial charge in [0.05, 0.1) is 17.6 Å². The molecule has 0 radical (unpaired) electrons. The molecule has 2 N–H and O–H groups in total. The van der Waals surface area contributed by atoms with E-state index in [1.54, 1.807) is 17.5 Å². The number of aromatic nitrogens is 2. The van der Waals surface area contributed by atoms with Crippen molar-refractivity contribution in [3.05, 3.63) is 71.5 Å². The van der Waals surface area contributed by atoms with Crippen molar-refractivity contribution in [3.63, 3.8) is 0 Å². The highest BCUT2D eigenvalue weighted by Crippen LogP contribution is 2.41. The van der Waals surface area contributed by atoms with Crippen molar-refractivity contribution in [2.45, 2.75) is 18.3 Å². The topological polar surface area (TPSA) is 49.8 Å². The number of piperidine rings is 1. The van der Waals surface area contributed by atoms with Crippen LogP contribution in [0.25, 0.3) is 0 Å². The molecule has 4 nitrogen and oxygen atoms in total. The molecule has 1 saturated heterocycles. The van der Waals surface area contributed by atoms with Gasteiger partial charge in [-0.3, -0.25) is 4.98 Å². The Morgan fingerprint density at radius 1 is 1.04 bits per heavy atom. The molecule has 4 rings (SSSR count). The Morgan fingerprint density at radius 2 is 1.88 bits per heavy atom. The first-order valence-corrected chi connectivity index (χ1v) is 9.14. The van der Waals surface area contributed by atoms with Crippen molar-refractivity contribution in [1.82, 2.24) is 15.3 Å². The van der Waals surface area contributed by atoms with E-state index >= 15 is 0 Å². The second-order valence-corrected chi connectivity index (χ2v) is 6.96. The summed E-state index contributed by atoms with van der Waals surface area (Å²) < 4.78 is 0. The van der Waals surface area contributed by atoms with Crippen LogP contribution in [0.2, 0.25) is 0 Å². The van der Waals surface area contributed by atoms with E-state index in [2.05, 4.69) is 51.3 Å². The van der Waals surface area contributed by atoms with Crippen LogP contribution in [0.3, 0.4) is 0 Å². The van der Waals surface area contributed by atoms with Gasteiger partial charge in [0.2, 0.25) is 0 Å². The van der Waals surface area contributed by atoms with Gasteiger partial charge in [0.15, 0.2) is 5.13 Å². The first kappa shape index (κ1) is 15.3. The minimum atomic E-state index is 0.0118. The molecular weight excluding hydrogens is 316 g/mol. The zero-order valence-electron chi connectivity index (χ0n) is 13.4. The van der Waals surface area contributed by atoms with Crippen LogP contribution < -0.4 is 10.6 Å². The molecule has 2 aromatic heterocycles. The lowest BCUT2D eigenvalue weighted by Crippen LogP contribution is -2.41. The van der Waals surface area contributed by atoms with E-state index in [1.165, 1.54) is 11.3 Å². The molecular formula is C19H20N4S. The Hall–Kier alpha value is -2.24. The highest BCUT2D eigenvalue weighted by Gasteiger charge is 2.37. The summed E-state index contributed by atoms with van der Waals surface area (Å²) in [5.74, 6) is 0. The summed E-state index contributed by atoms with van der Waals surface area (Å²) in [6.45, 7) is 2.05. The molecule has 0 amide bonds. The average Bonchev–Trinajstić information content (AvgIpc) is 3.13. The van der Waals surface area contributed by atoms with E-state index in [9.17, 15) is 0 Å². The summed E-state index contributed by atoms with van der Waals surface area (Å²) in [4.78, 5) is 9.07. The summed E-state index contributed by atoms with van der Waals surface area (Å²) in [6, 6.07) is 14.7. The fourth-order valence-corrected chi connectivity index (χ4v) is 4.24. The third-order valence-corrected chi connectivity index (χ3v) is 5.45. The monoisotopic (exact) mass is 336 g/mol. The molecule has 0 bridgehead atoms. The number of pyridine rings is 1. The molecule has 0 unspecified atom stereocenters. The fourth-order valence-electron chi connectivity index (χ4n) is 3.41. The van der Waals surface area contributed by atoms with Crippen molar-refractivity contribution in [2.75, 3.05) is 18.4 Å². The number of thiazole rings is 1. The molecule has 0 spiro atoms. The van der Waals surface area contributed by atoms with Crippen LogP contribution in [0.4, 0.5) is 10.8 Å². The van der Waals surface area contributed by atoms with Gasteiger partial charge in [-0.2, -0.15) is 0 Å². The molecule has 1 fully saturated rings. The van der Waals surface area contributed by atoms with E-state index in [4.69, 9.17) is 4.98 Å². The van der Waals surface area contributed by atoms with E-state index in [1.807, 2.05) is 18.3 Å². The van der Waals surface area contributed by atoms with Crippen molar-refractivity contribution in [3.8, 4) is 0 Å². The lowest BCUT2D eigenvalue weighted by molar-refractivity contribution is 0.356. The Morgan fingerprint density at radius 3 is 2.62 bits per heavy atom. The van der Waals surface area contributed by atoms with Crippen molar-refractivity contribution in [1.29, 1.82) is 0 Å². The summed E-state index contributed by atoms with van der Waals surface area (Å²) in [5, 5.41) is 9.97. The van der Waals surface area contributed by atoms with Crippen LogP contribution in [-0.4, -0.2) is 23.1 Å². The molecule has 0 saturated carbocycles. The number of nitrogens with one attached hydrogen (secondary N) is 2. The second kappa shape index (κ2) is 6.71.